The summed E-state index contributed by atoms with van der Waals surface area (Å²) >= 11 is 0. The highest BCUT2D eigenvalue weighted by Gasteiger charge is 2.18. The van der Waals surface area contributed by atoms with E-state index in [1.54, 1.807) is 45.0 Å². The van der Waals surface area contributed by atoms with Crippen molar-refractivity contribution in [1.82, 2.24) is 4.90 Å². The van der Waals surface area contributed by atoms with Crippen LogP contribution in [0.2, 0.25) is 0 Å². The predicted molar refractivity (Wildman–Crippen MR) is 108 cm³/mol. The average molecular weight is 368 g/mol. The SMILES string of the molecule is CCCN(Cc1ccccc1)C(=O)c1cccc(NC(=O)OC(C)(C)C)c1. The molecule has 5 nitrogen and oxygen atoms in total. The van der Waals surface area contributed by atoms with Gasteiger partial charge in [0.05, 0.1) is 0 Å². The Labute approximate surface area is 161 Å². The Balaban J connectivity index is 2.12. The lowest BCUT2D eigenvalue weighted by atomic mass is 10.1. The molecule has 0 aliphatic rings. The van der Waals surface area contributed by atoms with E-state index in [9.17, 15) is 9.59 Å². The molecule has 0 aliphatic heterocycles. The van der Waals surface area contributed by atoms with E-state index in [-0.39, 0.29) is 5.91 Å². The van der Waals surface area contributed by atoms with Gasteiger partial charge in [-0.05, 0) is 51.0 Å². The highest BCUT2D eigenvalue weighted by Crippen LogP contribution is 2.16. The molecule has 1 N–H and O–H groups in total. The summed E-state index contributed by atoms with van der Waals surface area (Å²) in [6.45, 7) is 8.68. The van der Waals surface area contributed by atoms with E-state index in [1.165, 1.54) is 0 Å². The normalized spacial score (nSPS) is 11.0. The van der Waals surface area contributed by atoms with Crippen LogP contribution in [0.1, 0.15) is 50.0 Å². The quantitative estimate of drug-likeness (QED) is 0.773. The number of amides is 2. The Kier molecular flexibility index (Phi) is 6.99. The van der Waals surface area contributed by atoms with Gasteiger partial charge in [0.25, 0.3) is 5.91 Å². The Hall–Kier alpha value is -2.82. The van der Waals surface area contributed by atoms with Crippen molar-refractivity contribution >= 4 is 17.7 Å². The molecule has 2 amide bonds. The smallest absolute Gasteiger partial charge is 0.412 e. The molecule has 0 heterocycles. The lowest BCUT2D eigenvalue weighted by Crippen LogP contribution is -2.31. The van der Waals surface area contributed by atoms with Crippen molar-refractivity contribution in [2.45, 2.75) is 46.3 Å². The van der Waals surface area contributed by atoms with Crippen molar-refractivity contribution in [1.29, 1.82) is 0 Å². The van der Waals surface area contributed by atoms with E-state index in [0.29, 0.717) is 24.3 Å². The van der Waals surface area contributed by atoms with Crippen molar-refractivity contribution in [3.63, 3.8) is 0 Å². The molecule has 0 fully saturated rings. The largest absolute Gasteiger partial charge is 0.444 e. The number of carbonyl (C=O) groups excluding carboxylic acids is 2. The van der Waals surface area contributed by atoms with Crippen molar-refractivity contribution < 1.29 is 14.3 Å². The Morgan fingerprint density at radius 3 is 2.37 bits per heavy atom. The van der Waals surface area contributed by atoms with Crippen molar-refractivity contribution in [3.8, 4) is 0 Å². The van der Waals surface area contributed by atoms with E-state index in [2.05, 4.69) is 5.32 Å². The third kappa shape index (κ3) is 6.77. The number of carbonyl (C=O) groups is 2. The number of hydrogen-bond donors (Lipinski definition) is 1. The number of anilines is 1. The lowest BCUT2D eigenvalue weighted by Gasteiger charge is -2.23. The van der Waals surface area contributed by atoms with Crippen LogP contribution in [0.4, 0.5) is 10.5 Å². The first-order valence-electron chi connectivity index (χ1n) is 9.22. The standard InChI is InChI=1S/C22H28N2O3/c1-5-14-24(16-17-10-7-6-8-11-17)20(25)18-12-9-13-19(15-18)23-21(26)27-22(2,3)4/h6-13,15H,5,14,16H2,1-4H3,(H,23,26). The van der Waals surface area contributed by atoms with Crippen LogP contribution in [-0.4, -0.2) is 29.0 Å². The zero-order valence-corrected chi connectivity index (χ0v) is 16.5. The molecule has 2 rings (SSSR count). The van der Waals surface area contributed by atoms with Gasteiger partial charge in [0.1, 0.15) is 5.60 Å². The first-order chi connectivity index (χ1) is 12.8. The number of nitrogens with one attached hydrogen (secondary N) is 1. The molecule has 0 saturated carbocycles. The zero-order valence-electron chi connectivity index (χ0n) is 16.5. The van der Waals surface area contributed by atoms with Gasteiger partial charge in [0, 0.05) is 24.3 Å². The third-order valence-electron chi connectivity index (χ3n) is 3.75. The number of rotatable bonds is 6. The number of hydrogen-bond acceptors (Lipinski definition) is 3. The molecule has 0 aliphatic carbocycles. The van der Waals surface area contributed by atoms with Gasteiger partial charge in [0.15, 0.2) is 0 Å². The lowest BCUT2D eigenvalue weighted by molar-refractivity contribution is 0.0634. The average Bonchev–Trinajstić information content (AvgIpc) is 2.60. The van der Waals surface area contributed by atoms with Gasteiger partial charge >= 0.3 is 6.09 Å². The van der Waals surface area contributed by atoms with Gasteiger partial charge in [-0.2, -0.15) is 0 Å². The molecule has 0 atom stereocenters. The predicted octanol–water partition coefficient (Wildman–Crippen LogP) is 5.09. The minimum Gasteiger partial charge on any atom is -0.444 e. The molecule has 0 radical (unpaired) electrons. The van der Waals surface area contributed by atoms with Crippen molar-refractivity contribution in [3.05, 3.63) is 65.7 Å². The summed E-state index contributed by atoms with van der Waals surface area (Å²) in [4.78, 5) is 26.8. The Morgan fingerprint density at radius 2 is 1.74 bits per heavy atom. The molecule has 0 unspecified atom stereocenters. The van der Waals surface area contributed by atoms with E-state index in [4.69, 9.17) is 4.74 Å². The fourth-order valence-corrected chi connectivity index (χ4v) is 2.66. The molecule has 0 bridgehead atoms. The van der Waals surface area contributed by atoms with Crippen LogP contribution in [0.3, 0.4) is 0 Å². The summed E-state index contributed by atoms with van der Waals surface area (Å²) in [5.74, 6) is -0.0615. The summed E-state index contributed by atoms with van der Waals surface area (Å²) in [5.41, 5.74) is 1.58. The maximum atomic E-state index is 13.0. The van der Waals surface area contributed by atoms with Crippen LogP contribution in [0.25, 0.3) is 0 Å². The van der Waals surface area contributed by atoms with Gasteiger partial charge in [-0.1, -0.05) is 43.3 Å². The molecular formula is C22H28N2O3. The molecule has 0 saturated heterocycles. The third-order valence-corrected chi connectivity index (χ3v) is 3.75. The number of nitrogens with zero attached hydrogens (tertiary/aromatic N) is 1. The molecule has 2 aromatic rings. The van der Waals surface area contributed by atoms with Gasteiger partial charge in [-0.25, -0.2) is 4.79 Å². The fraction of sp³-hybridized carbons (Fsp3) is 0.364. The van der Waals surface area contributed by atoms with Gasteiger partial charge in [-0.3, -0.25) is 10.1 Å². The van der Waals surface area contributed by atoms with E-state index >= 15 is 0 Å². The molecule has 0 aromatic heterocycles. The van der Waals surface area contributed by atoms with Crippen LogP contribution < -0.4 is 5.32 Å². The summed E-state index contributed by atoms with van der Waals surface area (Å²) in [7, 11) is 0. The fourth-order valence-electron chi connectivity index (χ4n) is 2.66. The molecular weight excluding hydrogens is 340 g/mol. The molecule has 144 valence electrons. The van der Waals surface area contributed by atoms with Crippen molar-refractivity contribution in [2.24, 2.45) is 0 Å². The topological polar surface area (TPSA) is 58.6 Å². The summed E-state index contributed by atoms with van der Waals surface area (Å²) in [5, 5.41) is 2.68. The summed E-state index contributed by atoms with van der Waals surface area (Å²) < 4.78 is 5.26. The molecule has 5 heteroatoms. The highest BCUT2D eigenvalue weighted by atomic mass is 16.6. The maximum absolute atomic E-state index is 13.0. The molecule has 0 spiro atoms. The molecule has 27 heavy (non-hydrogen) atoms. The maximum Gasteiger partial charge on any atom is 0.412 e. The van der Waals surface area contributed by atoms with Crippen LogP contribution in [0.15, 0.2) is 54.6 Å². The number of ether oxygens (including phenoxy) is 1. The summed E-state index contributed by atoms with van der Waals surface area (Å²) in [6.07, 6.45) is 0.329. The van der Waals surface area contributed by atoms with E-state index in [1.807, 2.05) is 42.2 Å². The van der Waals surface area contributed by atoms with Gasteiger partial charge < -0.3 is 9.64 Å². The highest BCUT2D eigenvalue weighted by molar-refractivity contribution is 5.96. The second-order valence-corrected chi connectivity index (χ2v) is 7.42. The second kappa shape index (κ2) is 9.21. The van der Waals surface area contributed by atoms with E-state index < -0.39 is 11.7 Å². The van der Waals surface area contributed by atoms with Crippen molar-refractivity contribution in [2.75, 3.05) is 11.9 Å². The van der Waals surface area contributed by atoms with Crippen LogP contribution >= 0.6 is 0 Å². The van der Waals surface area contributed by atoms with E-state index in [0.717, 1.165) is 12.0 Å². The molecule has 2 aromatic carbocycles. The first kappa shape index (κ1) is 20.5. The monoisotopic (exact) mass is 368 g/mol. The first-order valence-corrected chi connectivity index (χ1v) is 9.22. The van der Waals surface area contributed by atoms with Crippen LogP contribution in [0.5, 0.6) is 0 Å². The Morgan fingerprint density at radius 1 is 1.04 bits per heavy atom. The minimum absolute atomic E-state index is 0.0615. The minimum atomic E-state index is -0.578. The van der Waals surface area contributed by atoms with Crippen LogP contribution in [0, 0.1) is 0 Å². The second-order valence-electron chi connectivity index (χ2n) is 7.42. The number of benzene rings is 2. The Bertz CT molecular complexity index is 767. The zero-order chi connectivity index (χ0) is 19.9. The van der Waals surface area contributed by atoms with Gasteiger partial charge in [0.2, 0.25) is 0 Å². The summed E-state index contributed by atoms with van der Waals surface area (Å²) in [6, 6.07) is 16.9. The van der Waals surface area contributed by atoms with Crippen LogP contribution in [-0.2, 0) is 11.3 Å². The van der Waals surface area contributed by atoms with Gasteiger partial charge in [-0.15, -0.1) is 0 Å².